The topological polar surface area (TPSA) is 55.6 Å². The van der Waals surface area contributed by atoms with Crippen molar-refractivity contribution in [3.63, 3.8) is 0 Å². The van der Waals surface area contributed by atoms with Crippen LogP contribution in [-0.2, 0) is 19.5 Å². The molecule has 0 fully saturated rings. The van der Waals surface area contributed by atoms with E-state index in [2.05, 4.69) is 45.8 Å². The Morgan fingerprint density at radius 3 is 2.95 bits per heavy atom. The third-order valence-electron chi connectivity index (χ3n) is 3.59. The van der Waals surface area contributed by atoms with Crippen molar-refractivity contribution in [1.29, 1.82) is 0 Å². The van der Waals surface area contributed by atoms with E-state index >= 15 is 0 Å². The molecule has 102 valence electrons. The third kappa shape index (κ3) is 2.42. The molecule has 3 rings (SSSR count). The van der Waals surface area contributed by atoms with Crippen molar-refractivity contribution in [2.75, 3.05) is 0 Å². The summed E-state index contributed by atoms with van der Waals surface area (Å²) in [4.78, 5) is 5.77. The standard InChI is InChI=1S/C13H19N5S/c1-8-11(19-10(3)15-8)7-14-9(2)13-17-16-12-5-4-6-18(12)13/h9,14H,4-7H2,1-3H3. The van der Waals surface area contributed by atoms with Crippen molar-refractivity contribution < 1.29 is 0 Å². The van der Waals surface area contributed by atoms with Gasteiger partial charge in [0.1, 0.15) is 11.6 Å². The summed E-state index contributed by atoms with van der Waals surface area (Å²) in [5, 5.41) is 13.2. The Morgan fingerprint density at radius 1 is 1.37 bits per heavy atom. The van der Waals surface area contributed by atoms with E-state index in [1.165, 1.54) is 11.3 Å². The van der Waals surface area contributed by atoms with E-state index in [1.807, 2.05) is 0 Å². The number of hydrogen-bond donors (Lipinski definition) is 1. The van der Waals surface area contributed by atoms with Gasteiger partial charge in [-0.3, -0.25) is 0 Å². The van der Waals surface area contributed by atoms with Gasteiger partial charge in [-0.2, -0.15) is 0 Å². The number of fused-ring (bicyclic) bond motifs is 1. The van der Waals surface area contributed by atoms with E-state index in [-0.39, 0.29) is 6.04 Å². The zero-order valence-electron chi connectivity index (χ0n) is 11.6. The maximum absolute atomic E-state index is 4.45. The normalized spacial score (nSPS) is 15.7. The highest BCUT2D eigenvalue weighted by Gasteiger charge is 2.21. The van der Waals surface area contributed by atoms with Crippen LogP contribution >= 0.6 is 11.3 Å². The Hall–Kier alpha value is -1.27. The molecule has 2 aromatic rings. The quantitative estimate of drug-likeness (QED) is 0.930. The van der Waals surface area contributed by atoms with Gasteiger partial charge in [-0.05, 0) is 27.2 Å². The first-order valence-electron chi connectivity index (χ1n) is 6.73. The SMILES string of the molecule is Cc1nc(C)c(CNC(C)c2nnc3n2CCC3)s1. The van der Waals surface area contributed by atoms with Crippen molar-refractivity contribution in [2.45, 2.75) is 52.7 Å². The lowest BCUT2D eigenvalue weighted by molar-refractivity contribution is 0.517. The summed E-state index contributed by atoms with van der Waals surface area (Å²) >= 11 is 1.76. The number of aryl methyl sites for hydroxylation is 3. The fourth-order valence-corrected chi connectivity index (χ4v) is 3.46. The van der Waals surface area contributed by atoms with Gasteiger partial charge in [0.05, 0.1) is 16.7 Å². The smallest absolute Gasteiger partial charge is 0.149 e. The number of nitrogens with one attached hydrogen (secondary N) is 1. The highest BCUT2D eigenvalue weighted by atomic mass is 32.1. The number of thiazole rings is 1. The molecule has 0 aliphatic carbocycles. The first-order chi connectivity index (χ1) is 9.15. The minimum atomic E-state index is 0.223. The van der Waals surface area contributed by atoms with Gasteiger partial charge in [0.15, 0.2) is 0 Å². The molecule has 0 aromatic carbocycles. The molecule has 0 bridgehead atoms. The van der Waals surface area contributed by atoms with Crippen molar-refractivity contribution >= 4 is 11.3 Å². The fourth-order valence-electron chi connectivity index (χ4n) is 2.57. The molecule has 1 unspecified atom stereocenters. The van der Waals surface area contributed by atoms with Crippen LogP contribution in [0.15, 0.2) is 0 Å². The zero-order valence-corrected chi connectivity index (χ0v) is 12.4. The molecular formula is C13H19N5S. The van der Waals surface area contributed by atoms with Gasteiger partial charge in [-0.15, -0.1) is 21.5 Å². The van der Waals surface area contributed by atoms with Crippen LogP contribution in [0.1, 0.15) is 46.6 Å². The maximum Gasteiger partial charge on any atom is 0.149 e. The van der Waals surface area contributed by atoms with Crippen LogP contribution < -0.4 is 5.32 Å². The Bertz CT molecular complexity index is 586. The number of hydrogen-bond acceptors (Lipinski definition) is 5. The fraction of sp³-hybridized carbons (Fsp3) is 0.615. The van der Waals surface area contributed by atoms with E-state index < -0.39 is 0 Å². The van der Waals surface area contributed by atoms with Crippen LogP contribution in [0.25, 0.3) is 0 Å². The molecule has 0 saturated heterocycles. The molecule has 0 radical (unpaired) electrons. The van der Waals surface area contributed by atoms with Crippen LogP contribution in [0, 0.1) is 13.8 Å². The second-order valence-corrected chi connectivity index (χ2v) is 6.36. The average Bonchev–Trinajstić information content (AvgIpc) is 3.01. The van der Waals surface area contributed by atoms with Gasteiger partial charge in [0.2, 0.25) is 0 Å². The lowest BCUT2D eigenvalue weighted by atomic mass is 10.3. The van der Waals surface area contributed by atoms with Gasteiger partial charge in [0.25, 0.3) is 0 Å². The monoisotopic (exact) mass is 277 g/mol. The first kappa shape index (κ1) is 12.7. The number of nitrogens with zero attached hydrogens (tertiary/aromatic N) is 4. The van der Waals surface area contributed by atoms with E-state index in [0.29, 0.717) is 0 Å². The summed E-state index contributed by atoms with van der Waals surface area (Å²) in [5.41, 5.74) is 1.13. The summed E-state index contributed by atoms with van der Waals surface area (Å²) in [7, 11) is 0. The van der Waals surface area contributed by atoms with Gasteiger partial charge in [-0.1, -0.05) is 0 Å². The summed E-state index contributed by atoms with van der Waals surface area (Å²) in [6, 6.07) is 0.223. The van der Waals surface area contributed by atoms with E-state index in [1.54, 1.807) is 11.3 Å². The second-order valence-electron chi connectivity index (χ2n) is 5.07. The van der Waals surface area contributed by atoms with Gasteiger partial charge < -0.3 is 9.88 Å². The van der Waals surface area contributed by atoms with Crippen molar-refractivity contribution in [1.82, 2.24) is 25.1 Å². The van der Waals surface area contributed by atoms with Crippen molar-refractivity contribution in [3.8, 4) is 0 Å². The van der Waals surface area contributed by atoms with Crippen LogP contribution in [0.3, 0.4) is 0 Å². The molecule has 0 saturated carbocycles. The van der Waals surface area contributed by atoms with Crippen LogP contribution in [0.2, 0.25) is 0 Å². The summed E-state index contributed by atoms with van der Waals surface area (Å²) < 4.78 is 2.25. The summed E-state index contributed by atoms with van der Waals surface area (Å²) in [6.07, 6.45) is 2.25. The van der Waals surface area contributed by atoms with Crippen molar-refractivity contribution in [2.24, 2.45) is 0 Å². The molecule has 3 heterocycles. The Labute approximate surface area is 117 Å². The molecular weight excluding hydrogens is 258 g/mol. The molecule has 19 heavy (non-hydrogen) atoms. The molecule has 0 amide bonds. The van der Waals surface area contributed by atoms with Crippen molar-refractivity contribution in [3.05, 3.63) is 27.2 Å². The predicted molar refractivity (Wildman–Crippen MR) is 75.2 cm³/mol. The Morgan fingerprint density at radius 2 is 2.21 bits per heavy atom. The minimum Gasteiger partial charge on any atom is -0.314 e. The minimum absolute atomic E-state index is 0.223. The van der Waals surface area contributed by atoms with Gasteiger partial charge in [-0.25, -0.2) is 4.98 Å². The Kier molecular flexibility index (Phi) is 3.36. The molecule has 2 aromatic heterocycles. The number of rotatable bonds is 4. The third-order valence-corrected chi connectivity index (χ3v) is 4.67. The zero-order chi connectivity index (χ0) is 13.4. The van der Waals surface area contributed by atoms with Crippen LogP contribution in [0.4, 0.5) is 0 Å². The molecule has 0 spiro atoms. The lowest BCUT2D eigenvalue weighted by Crippen LogP contribution is -2.21. The molecule has 6 heteroatoms. The second kappa shape index (κ2) is 5.02. The van der Waals surface area contributed by atoms with E-state index in [4.69, 9.17) is 0 Å². The molecule has 1 aliphatic rings. The number of aromatic nitrogens is 4. The van der Waals surface area contributed by atoms with E-state index in [9.17, 15) is 0 Å². The average molecular weight is 277 g/mol. The molecule has 1 atom stereocenters. The Balaban J connectivity index is 1.68. The highest BCUT2D eigenvalue weighted by molar-refractivity contribution is 7.11. The lowest BCUT2D eigenvalue weighted by Gasteiger charge is -2.13. The van der Waals surface area contributed by atoms with Crippen LogP contribution in [-0.4, -0.2) is 19.7 Å². The molecule has 5 nitrogen and oxygen atoms in total. The predicted octanol–water partition coefficient (Wildman–Crippen LogP) is 2.15. The largest absolute Gasteiger partial charge is 0.314 e. The summed E-state index contributed by atoms with van der Waals surface area (Å²) in [6.45, 7) is 8.18. The summed E-state index contributed by atoms with van der Waals surface area (Å²) in [5.74, 6) is 2.19. The molecule has 1 N–H and O–H groups in total. The van der Waals surface area contributed by atoms with E-state index in [0.717, 1.165) is 41.9 Å². The highest BCUT2D eigenvalue weighted by Crippen LogP contribution is 2.21. The van der Waals surface area contributed by atoms with Gasteiger partial charge >= 0.3 is 0 Å². The first-order valence-corrected chi connectivity index (χ1v) is 7.55. The maximum atomic E-state index is 4.45. The van der Waals surface area contributed by atoms with Crippen LogP contribution in [0.5, 0.6) is 0 Å². The molecule has 1 aliphatic heterocycles. The van der Waals surface area contributed by atoms with Gasteiger partial charge in [0, 0.05) is 24.4 Å².